The molecular weight excluding hydrogens is 400 g/mol. The van der Waals surface area contributed by atoms with Crippen LogP contribution in [0.3, 0.4) is 0 Å². The lowest BCUT2D eigenvalue weighted by atomic mass is 9.98. The van der Waals surface area contributed by atoms with Gasteiger partial charge in [0.15, 0.2) is 11.2 Å². The van der Waals surface area contributed by atoms with Crippen molar-refractivity contribution in [3.63, 3.8) is 0 Å². The third-order valence-electron chi connectivity index (χ3n) is 5.41. The third-order valence-corrected chi connectivity index (χ3v) is 5.90. The molecule has 7 heteroatoms. The second-order valence-electron chi connectivity index (χ2n) is 6.80. The number of amides is 1. The van der Waals surface area contributed by atoms with Crippen molar-refractivity contribution >= 4 is 32.8 Å². The first-order chi connectivity index (χ1) is 12.5. The summed E-state index contributed by atoms with van der Waals surface area (Å²) in [5.74, 6) is -0.199. The number of hydrogen-bond acceptors (Lipinski definition) is 5. The lowest BCUT2D eigenvalue weighted by Gasteiger charge is -2.43. The van der Waals surface area contributed by atoms with Gasteiger partial charge in [0.05, 0.1) is 12.0 Å². The smallest absolute Gasteiger partial charge is 0.292 e. The lowest BCUT2D eigenvalue weighted by molar-refractivity contribution is -0.105. The summed E-state index contributed by atoms with van der Waals surface area (Å²) in [6.07, 6.45) is 1.55. The fourth-order valence-electron chi connectivity index (χ4n) is 3.90. The van der Waals surface area contributed by atoms with Gasteiger partial charge in [0.2, 0.25) is 0 Å². The quantitative estimate of drug-likeness (QED) is 0.747. The van der Waals surface area contributed by atoms with Crippen molar-refractivity contribution in [3.05, 3.63) is 44.7 Å². The Morgan fingerprint density at radius 3 is 2.73 bits per heavy atom. The molecule has 2 aliphatic rings. The van der Waals surface area contributed by atoms with Gasteiger partial charge in [-0.15, -0.1) is 0 Å². The molecule has 2 fully saturated rings. The molecule has 26 heavy (non-hydrogen) atoms. The number of nitrogens with zero attached hydrogens (tertiary/aromatic N) is 2. The SMILES string of the molecule is CCN1CCC2(CC1)OCCN2C(=O)c1cc(=O)c2ccc(Br)cc2o1. The van der Waals surface area contributed by atoms with Gasteiger partial charge in [0.25, 0.3) is 5.91 Å². The summed E-state index contributed by atoms with van der Waals surface area (Å²) in [4.78, 5) is 29.6. The maximum atomic E-state index is 13.1. The summed E-state index contributed by atoms with van der Waals surface area (Å²) in [6, 6.07) is 6.49. The molecule has 2 aliphatic heterocycles. The second-order valence-corrected chi connectivity index (χ2v) is 7.72. The van der Waals surface area contributed by atoms with Gasteiger partial charge in [-0.05, 0) is 24.7 Å². The first-order valence-corrected chi connectivity index (χ1v) is 9.73. The van der Waals surface area contributed by atoms with Crippen LogP contribution in [-0.2, 0) is 4.74 Å². The molecule has 0 aliphatic carbocycles. The van der Waals surface area contributed by atoms with Crippen molar-refractivity contribution in [1.29, 1.82) is 0 Å². The van der Waals surface area contributed by atoms with Crippen LogP contribution in [0.25, 0.3) is 11.0 Å². The summed E-state index contributed by atoms with van der Waals surface area (Å²) in [5.41, 5.74) is -0.379. The molecule has 3 heterocycles. The average molecular weight is 421 g/mol. The first-order valence-electron chi connectivity index (χ1n) is 8.94. The van der Waals surface area contributed by atoms with E-state index >= 15 is 0 Å². The number of halogens is 1. The van der Waals surface area contributed by atoms with Crippen molar-refractivity contribution in [2.45, 2.75) is 25.5 Å². The fourth-order valence-corrected chi connectivity index (χ4v) is 4.24. The lowest BCUT2D eigenvalue weighted by Crippen LogP contribution is -2.54. The van der Waals surface area contributed by atoms with E-state index in [-0.39, 0.29) is 17.1 Å². The van der Waals surface area contributed by atoms with Crippen LogP contribution in [0, 0.1) is 0 Å². The number of rotatable bonds is 2. The van der Waals surface area contributed by atoms with E-state index in [1.165, 1.54) is 6.07 Å². The molecule has 2 aromatic rings. The highest BCUT2D eigenvalue weighted by molar-refractivity contribution is 9.10. The Labute approximate surface area is 159 Å². The average Bonchev–Trinajstić information content (AvgIpc) is 3.04. The molecule has 0 saturated carbocycles. The Morgan fingerprint density at radius 2 is 2.00 bits per heavy atom. The Bertz CT molecular complexity index is 902. The number of carbonyl (C=O) groups excluding carboxylic acids is 1. The van der Waals surface area contributed by atoms with Crippen molar-refractivity contribution < 1.29 is 13.9 Å². The van der Waals surface area contributed by atoms with E-state index in [0.29, 0.717) is 24.1 Å². The third kappa shape index (κ3) is 2.98. The Hall–Kier alpha value is -1.70. The molecule has 2 saturated heterocycles. The molecule has 1 spiro atoms. The number of fused-ring (bicyclic) bond motifs is 1. The van der Waals surface area contributed by atoms with Gasteiger partial charge in [-0.1, -0.05) is 22.9 Å². The molecule has 6 nitrogen and oxygen atoms in total. The van der Waals surface area contributed by atoms with E-state index in [0.717, 1.165) is 36.9 Å². The normalized spacial score (nSPS) is 20.2. The summed E-state index contributed by atoms with van der Waals surface area (Å²) >= 11 is 3.37. The molecule has 0 atom stereocenters. The van der Waals surface area contributed by atoms with Gasteiger partial charge in [-0.25, -0.2) is 0 Å². The minimum atomic E-state index is -0.576. The van der Waals surface area contributed by atoms with E-state index in [1.807, 2.05) is 0 Å². The topological polar surface area (TPSA) is 63.0 Å². The van der Waals surface area contributed by atoms with Crippen LogP contribution in [-0.4, -0.2) is 54.2 Å². The van der Waals surface area contributed by atoms with Crippen molar-refractivity contribution in [3.8, 4) is 0 Å². The standard InChI is InChI=1S/C19H21BrN2O4/c1-2-21-7-5-19(6-8-21)22(9-10-25-19)18(24)17-12-15(23)14-4-3-13(20)11-16(14)26-17/h3-4,11-12H,2,5-10H2,1H3. The first kappa shape index (κ1) is 17.7. The molecule has 0 N–H and O–H groups in total. The Morgan fingerprint density at radius 1 is 1.23 bits per heavy atom. The predicted molar refractivity (Wildman–Crippen MR) is 101 cm³/mol. The largest absolute Gasteiger partial charge is 0.451 e. The second kappa shape index (κ2) is 6.79. The maximum absolute atomic E-state index is 13.1. The van der Waals surface area contributed by atoms with Crippen LogP contribution in [0.5, 0.6) is 0 Å². The van der Waals surface area contributed by atoms with Crippen LogP contribution < -0.4 is 5.43 Å². The van der Waals surface area contributed by atoms with E-state index in [4.69, 9.17) is 9.15 Å². The van der Waals surface area contributed by atoms with Gasteiger partial charge in [-0.3, -0.25) is 9.59 Å². The Balaban J connectivity index is 1.67. The molecule has 0 bridgehead atoms. The molecule has 1 aromatic heterocycles. The number of ether oxygens (including phenoxy) is 1. The Kier molecular flexibility index (Phi) is 4.62. The van der Waals surface area contributed by atoms with E-state index in [2.05, 4.69) is 27.8 Å². The van der Waals surface area contributed by atoms with Crippen molar-refractivity contribution in [2.24, 2.45) is 0 Å². The summed E-state index contributed by atoms with van der Waals surface area (Å²) in [6.45, 7) is 5.97. The minimum absolute atomic E-state index is 0.0726. The predicted octanol–water partition coefficient (Wildman–Crippen LogP) is 2.84. The molecule has 0 unspecified atom stereocenters. The fraction of sp³-hybridized carbons (Fsp3) is 0.474. The summed E-state index contributed by atoms with van der Waals surface area (Å²) in [5, 5.41) is 0.466. The zero-order chi connectivity index (χ0) is 18.3. The van der Waals surface area contributed by atoms with Crippen LogP contribution >= 0.6 is 15.9 Å². The number of likely N-dealkylation sites (tertiary alicyclic amines) is 1. The zero-order valence-electron chi connectivity index (χ0n) is 14.7. The summed E-state index contributed by atoms with van der Waals surface area (Å²) < 4.78 is 12.6. The molecule has 4 rings (SSSR count). The van der Waals surface area contributed by atoms with E-state index in [1.54, 1.807) is 23.1 Å². The van der Waals surface area contributed by atoms with Crippen molar-refractivity contribution in [2.75, 3.05) is 32.8 Å². The van der Waals surface area contributed by atoms with E-state index < -0.39 is 5.72 Å². The summed E-state index contributed by atoms with van der Waals surface area (Å²) in [7, 11) is 0. The van der Waals surface area contributed by atoms with Crippen LogP contribution in [0.15, 0.2) is 37.9 Å². The molecule has 0 radical (unpaired) electrons. The van der Waals surface area contributed by atoms with Crippen LogP contribution in [0.2, 0.25) is 0 Å². The van der Waals surface area contributed by atoms with Gasteiger partial charge < -0.3 is 19.0 Å². The van der Waals surface area contributed by atoms with Gasteiger partial charge in [-0.2, -0.15) is 0 Å². The highest BCUT2D eigenvalue weighted by Crippen LogP contribution is 2.35. The molecule has 138 valence electrons. The number of piperidine rings is 1. The van der Waals surface area contributed by atoms with Crippen LogP contribution in [0.4, 0.5) is 0 Å². The zero-order valence-corrected chi connectivity index (χ0v) is 16.3. The maximum Gasteiger partial charge on any atom is 0.292 e. The highest BCUT2D eigenvalue weighted by atomic mass is 79.9. The number of carbonyl (C=O) groups is 1. The van der Waals surface area contributed by atoms with Crippen molar-refractivity contribution in [1.82, 2.24) is 9.80 Å². The highest BCUT2D eigenvalue weighted by Gasteiger charge is 2.47. The monoisotopic (exact) mass is 420 g/mol. The van der Waals surface area contributed by atoms with Gasteiger partial charge >= 0.3 is 0 Å². The molecule has 1 amide bonds. The molecule has 1 aromatic carbocycles. The van der Waals surface area contributed by atoms with E-state index in [9.17, 15) is 9.59 Å². The van der Waals surface area contributed by atoms with Gasteiger partial charge in [0.1, 0.15) is 11.3 Å². The minimum Gasteiger partial charge on any atom is -0.451 e. The molecular formula is C19H21BrN2O4. The number of hydrogen-bond donors (Lipinski definition) is 0. The number of benzene rings is 1. The van der Waals surface area contributed by atoms with Gasteiger partial charge in [0, 0.05) is 43.0 Å². The van der Waals surface area contributed by atoms with Crippen LogP contribution in [0.1, 0.15) is 30.3 Å².